The van der Waals surface area contributed by atoms with Gasteiger partial charge in [0.1, 0.15) is 5.82 Å². The number of aryl methyl sites for hydroxylation is 1. The third-order valence-electron chi connectivity index (χ3n) is 5.02. The van der Waals surface area contributed by atoms with Gasteiger partial charge < -0.3 is 20.3 Å². The number of nitrogens with zero attached hydrogens (tertiary/aromatic N) is 2. The quantitative estimate of drug-likeness (QED) is 0.891. The number of amides is 2. The van der Waals surface area contributed by atoms with E-state index in [1.807, 2.05) is 18.2 Å². The molecule has 2 aromatic rings. The number of carbonyl (C=O) groups is 1. The molecule has 1 saturated heterocycles. The number of anilines is 2. The Morgan fingerprint density at radius 1 is 1.15 bits per heavy atom. The molecule has 26 heavy (non-hydrogen) atoms. The molecular formula is C20H24N4O2. The molecule has 1 aliphatic heterocycles. The molecular weight excluding hydrogens is 328 g/mol. The lowest BCUT2D eigenvalue weighted by atomic mass is 9.88. The van der Waals surface area contributed by atoms with E-state index in [0.29, 0.717) is 5.69 Å². The molecule has 6 heteroatoms. The van der Waals surface area contributed by atoms with E-state index in [9.17, 15) is 4.79 Å². The molecule has 2 amide bonds. The predicted molar refractivity (Wildman–Crippen MR) is 102 cm³/mol. The van der Waals surface area contributed by atoms with Gasteiger partial charge >= 0.3 is 6.03 Å². The Balaban J connectivity index is 1.36. The Morgan fingerprint density at radius 2 is 2.00 bits per heavy atom. The highest BCUT2D eigenvalue weighted by atomic mass is 16.5. The zero-order chi connectivity index (χ0) is 17.8. The number of benzene rings is 1. The van der Waals surface area contributed by atoms with Crippen LogP contribution < -0.4 is 15.5 Å². The van der Waals surface area contributed by atoms with Gasteiger partial charge in [0.15, 0.2) is 0 Å². The summed E-state index contributed by atoms with van der Waals surface area (Å²) in [6, 6.07) is 12.1. The molecule has 1 aromatic heterocycles. The number of aromatic nitrogens is 1. The van der Waals surface area contributed by atoms with Crippen LogP contribution in [0.15, 0.2) is 42.6 Å². The van der Waals surface area contributed by atoms with Gasteiger partial charge in [-0.25, -0.2) is 9.78 Å². The van der Waals surface area contributed by atoms with Gasteiger partial charge in [-0.05, 0) is 42.5 Å². The molecule has 0 saturated carbocycles. The van der Waals surface area contributed by atoms with Crippen molar-refractivity contribution in [3.8, 4) is 0 Å². The summed E-state index contributed by atoms with van der Waals surface area (Å²) < 4.78 is 5.36. The fraction of sp³-hybridized carbons (Fsp3) is 0.400. The number of pyridine rings is 1. The summed E-state index contributed by atoms with van der Waals surface area (Å²) in [4.78, 5) is 19.1. The van der Waals surface area contributed by atoms with E-state index in [-0.39, 0.29) is 12.1 Å². The lowest BCUT2D eigenvalue weighted by molar-refractivity contribution is 0.122. The van der Waals surface area contributed by atoms with E-state index in [0.717, 1.165) is 51.4 Å². The first-order valence-electron chi connectivity index (χ1n) is 9.24. The summed E-state index contributed by atoms with van der Waals surface area (Å²) in [6.07, 6.45) is 4.86. The molecule has 0 radical (unpaired) electrons. The SMILES string of the molecule is O=C(Nc1ccc(N2CCOCC2)nc1)N[C@H]1CCCc2ccccc21. The van der Waals surface area contributed by atoms with Crippen molar-refractivity contribution in [2.45, 2.75) is 25.3 Å². The van der Waals surface area contributed by atoms with Gasteiger partial charge in [-0.2, -0.15) is 0 Å². The van der Waals surface area contributed by atoms with Crippen molar-refractivity contribution in [3.05, 3.63) is 53.7 Å². The minimum atomic E-state index is -0.187. The van der Waals surface area contributed by atoms with E-state index >= 15 is 0 Å². The van der Waals surface area contributed by atoms with E-state index in [2.05, 4.69) is 38.7 Å². The highest BCUT2D eigenvalue weighted by Crippen LogP contribution is 2.29. The molecule has 136 valence electrons. The second-order valence-corrected chi connectivity index (χ2v) is 6.75. The van der Waals surface area contributed by atoms with Crippen molar-refractivity contribution < 1.29 is 9.53 Å². The van der Waals surface area contributed by atoms with E-state index in [1.54, 1.807) is 6.20 Å². The number of hydrogen-bond donors (Lipinski definition) is 2. The Labute approximate surface area is 153 Å². The fourth-order valence-corrected chi connectivity index (χ4v) is 3.67. The van der Waals surface area contributed by atoms with Crippen LogP contribution in [0.4, 0.5) is 16.3 Å². The summed E-state index contributed by atoms with van der Waals surface area (Å²) >= 11 is 0. The monoisotopic (exact) mass is 352 g/mol. The van der Waals surface area contributed by atoms with E-state index in [1.165, 1.54) is 11.1 Å². The third-order valence-corrected chi connectivity index (χ3v) is 5.02. The van der Waals surface area contributed by atoms with Crippen LogP contribution in [0.3, 0.4) is 0 Å². The second kappa shape index (κ2) is 7.74. The summed E-state index contributed by atoms with van der Waals surface area (Å²) in [6.45, 7) is 3.16. The molecule has 1 aliphatic carbocycles. The first kappa shape index (κ1) is 16.8. The third kappa shape index (κ3) is 3.80. The van der Waals surface area contributed by atoms with Crippen LogP contribution in [0.25, 0.3) is 0 Å². The lowest BCUT2D eigenvalue weighted by Crippen LogP contribution is -2.36. The molecule has 0 bridgehead atoms. The number of rotatable bonds is 3. The molecule has 6 nitrogen and oxygen atoms in total. The first-order valence-corrected chi connectivity index (χ1v) is 9.24. The Hall–Kier alpha value is -2.60. The van der Waals surface area contributed by atoms with Crippen molar-refractivity contribution in [1.82, 2.24) is 10.3 Å². The maximum absolute atomic E-state index is 12.4. The lowest BCUT2D eigenvalue weighted by Gasteiger charge is -2.28. The number of ether oxygens (including phenoxy) is 1. The topological polar surface area (TPSA) is 66.5 Å². The zero-order valence-corrected chi connectivity index (χ0v) is 14.8. The van der Waals surface area contributed by atoms with Crippen LogP contribution in [0.5, 0.6) is 0 Å². The van der Waals surface area contributed by atoms with Gasteiger partial charge in [0.05, 0.1) is 31.1 Å². The highest BCUT2D eigenvalue weighted by molar-refractivity contribution is 5.89. The molecule has 2 aliphatic rings. The van der Waals surface area contributed by atoms with Crippen molar-refractivity contribution >= 4 is 17.5 Å². The van der Waals surface area contributed by atoms with Gasteiger partial charge in [-0.15, -0.1) is 0 Å². The molecule has 0 unspecified atom stereocenters. The van der Waals surface area contributed by atoms with Crippen molar-refractivity contribution in [2.75, 3.05) is 36.5 Å². The predicted octanol–water partition coefficient (Wildman–Crippen LogP) is 3.12. The average molecular weight is 352 g/mol. The second-order valence-electron chi connectivity index (χ2n) is 6.75. The number of morpholine rings is 1. The minimum Gasteiger partial charge on any atom is -0.378 e. The molecule has 1 aromatic carbocycles. The van der Waals surface area contributed by atoms with Crippen LogP contribution in [0.1, 0.15) is 30.0 Å². The van der Waals surface area contributed by atoms with Crippen molar-refractivity contribution in [1.29, 1.82) is 0 Å². The van der Waals surface area contributed by atoms with E-state index < -0.39 is 0 Å². The average Bonchev–Trinajstić information content (AvgIpc) is 2.69. The standard InChI is InChI=1S/C20H24N4O2/c25-20(23-18-7-3-5-15-4-1-2-6-17(15)18)22-16-8-9-19(21-14-16)24-10-12-26-13-11-24/h1-2,4,6,8-9,14,18H,3,5,7,10-13H2,(H2,22,23,25)/t18-/m0/s1. The van der Waals surface area contributed by atoms with Crippen LogP contribution >= 0.6 is 0 Å². The number of hydrogen-bond acceptors (Lipinski definition) is 4. The van der Waals surface area contributed by atoms with Crippen LogP contribution in [-0.2, 0) is 11.2 Å². The molecule has 1 fully saturated rings. The number of urea groups is 1. The Kier molecular flexibility index (Phi) is 5.02. The normalized spacial score (nSPS) is 19.5. The zero-order valence-electron chi connectivity index (χ0n) is 14.8. The van der Waals surface area contributed by atoms with Gasteiger partial charge in [-0.1, -0.05) is 24.3 Å². The summed E-state index contributed by atoms with van der Waals surface area (Å²) in [5.74, 6) is 0.917. The Bertz CT molecular complexity index is 757. The molecule has 0 spiro atoms. The minimum absolute atomic E-state index is 0.0699. The van der Waals surface area contributed by atoms with Crippen molar-refractivity contribution in [2.24, 2.45) is 0 Å². The summed E-state index contributed by atoms with van der Waals surface area (Å²) in [5, 5.41) is 5.99. The maximum Gasteiger partial charge on any atom is 0.319 e. The molecule has 4 rings (SSSR count). The number of carbonyl (C=O) groups excluding carboxylic acids is 1. The maximum atomic E-state index is 12.4. The van der Waals surface area contributed by atoms with E-state index in [4.69, 9.17) is 4.74 Å². The van der Waals surface area contributed by atoms with Crippen molar-refractivity contribution in [3.63, 3.8) is 0 Å². The van der Waals surface area contributed by atoms with Gasteiger partial charge in [0.2, 0.25) is 0 Å². The first-order chi connectivity index (χ1) is 12.8. The number of fused-ring (bicyclic) bond motifs is 1. The molecule has 2 heterocycles. The molecule has 2 N–H and O–H groups in total. The fourth-order valence-electron chi connectivity index (χ4n) is 3.67. The molecule has 1 atom stereocenters. The van der Waals surface area contributed by atoms with Crippen LogP contribution in [0, 0.1) is 0 Å². The van der Waals surface area contributed by atoms with Gasteiger partial charge in [-0.3, -0.25) is 0 Å². The summed E-state index contributed by atoms with van der Waals surface area (Å²) in [5.41, 5.74) is 3.26. The highest BCUT2D eigenvalue weighted by Gasteiger charge is 2.21. The van der Waals surface area contributed by atoms with Crippen LogP contribution in [-0.4, -0.2) is 37.3 Å². The smallest absolute Gasteiger partial charge is 0.319 e. The van der Waals surface area contributed by atoms with Gasteiger partial charge in [0.25, 0.3) is 0 Å². The Morgan fingerprint density at radius 3 is 2.81 bits per heavy atom. The largest absolute Gasteiger partial charge is 0.378 e. The summed E-state index contributed by atoms with van der Waals surface area (Å²) in [7, 11) is 0. The van der Waals surface area contributed by atoms with Gasteiger partial charge in [0, 0.05) is 13.1 Å². The number of nitrogens with one attached hydrogen (secondary N) is 2. The van der Waals surface area contributed by atoms with Crippen LogP contribution in [0.2, 0.25) is 0 Å².